The van der Waals surface area contributed by atoms with Gasteiger partial charge >= 0.3 is 5.97 Å². The number of carbonyl (C=O) groups excluding carboxylic acids is 2. The second-order valence-electron chi connectivity index (χ2n) is 5.63. The third-order valence-corrected chi connectivity index (χ3v) is 4.88. The molecule has 2 aromatic carbocycles. The van der Waals surface area contributed by atoms with Crippen molar-refractivity contribution in [1.82, 2.24) is 4.57 Å². The van der Waals surface area contributed by atoms with Gasteiger partial charge in [-0.05, 0) is 44.2 Å². The SMILES string of the molecule is CCOC(=O)c1ccc2c(c1)sc(=NC(=O)c1cccc(C)c1)n2C. The minimum Gasteiger partial charge on any atom is -0.462 e. The zero-order valence-electron chi connectivity index (χ0n) is 14.3. The van der Waals surface area contributed by atoms with Gasteiger partial charge in [-0.25, -0.2) is 4.79 Å². The van der Waals surface area contributed by atoms with Gasteiger partial charge in [-0.1, -0.05) is 29.0 Å². The van der Waals surface area contributed by atoms with Crippen LogP contribution in [0.2, 0.25) is 0 Å². The lowest BCUT2D eigenvalue weighted by molar-refractivity contribution is 0.0526. The van der Waals surface area contributed by atoms with E-state index in [9.17, 15) is 9.59 Å². The molecule has 5 nitrogen and oxygen atoms in total. The van der Waals surface area contributed by atoms with E-state index < -0.39 is 0 Å². The van der Waals surface area contributed by atoms with Crippen molar-refractivity contribution in [2.75, 3.05) is 6.61 Å². The number of thiazole rings is 1. The van der Waals surface area contributed by atoms with Gasteiger partial charge in [0, 0.05) is 12.6 Å². The molecular weight excluding hydrogens is 336 g/mol. The number of carbonyl (C=O) groups is 2. The predicted octanol–water partition coefficient (Wildman–Crippen LogP) is 3.47. The third kappa shape index (κ3) is 3.53. The van der Waals surface area contributed by atoms with Crippen molar-refractivity contribution in [1.29, 1.82) is 0 Å². The lowest BCUT2D eigenvalue weighted by atomic mass is 10.1. The first-order valence-corrected chi connectivity index (χ1v) is 8.73. The number of hydrogen-bond donors (Lipinski definition) is 0. The highest BCUT2D eigenvalue weighted by atomic mass is 32.1. The van der Waals surface area contributed by atoms with Gasteiger partial charge in [-0.2, -0.15) is 4.99 Å². The van der Waals surface area contributed by atoms with Gasteiger partial charge in [-0.3, -0.25) is 4.79 Å². The number of esters is 1. The molecule has 0 N–H and O–H groups in total. The number of benzene rings is 2. The molecule has 3 rings (SSSR count). The Balaban J connectivity index is 2.03. The molecular formula is C19H18N2O3S. The van der Waals surface area contributed by atoms with Crippen LogP contribution in [0.4, 0.5) is 0 Å². The van der Waals surface area contributed by atoms with Crippen molar-refractivity contribution in [3.63, 3.8) is 0 Å². The first-order valence-electron chi connectivity index (χ1n) is 7.92. The van der Waals surface area contributed by atoms with Crippen LogP contribution in [0.5, 0.6) is 0 Å². The summed E-state index contributed by atoms with van der Waals surface area (Å²) in [6.45, 7) is 4.04. The van der Waals surface area contributed by atoms with Crippen molar-refractivity contribution in [3.05, 3.63) is 64.0 Å². The van der Waals surface area contributed by atoms with E-state index in [1.54, 1.807) is 25.1 Å². The molecule has 0 bridgehead atoms. The fourth-order valence-corrected chi connectivity index (χ4v) is 3.57. The van der Waals surface area contributed by atoms with Crippen LogP contribution in [0.1, 0.15) is 33.2 Å². The minimum absolute atomic E-state index is 0.281. The van der Waals surface area contributed by atoms with E-state index in [-0.39, 0.29) is 11.9 Å². The van der Waals surface area contributed by atoms with Gasteiger partial charge in [0.2, 0.25) is 0 Å². The lowest BCUT2D eigenvalue weighted by Crippen LogP contribution is -2.13. The maximum absolute atomic E-state index is 12.4. The molecule has 128 valence electrons. The molecule has 0 spiro atoms. The van der Waals surface area contributed by atoms with Gasteiger partial charge in [0.1, 0.15) is 0 Å². The Morgan fingerprint density at radius 1 is 1.16 bits per heavy atom. The van der Waals surface area contributed by atoms with E-state index in [2.05, 4.69) is 4.99 Å². The van der Waals surface area contributed by atoms with Crippen molar-refractivity contribution in [2.45, 2.75) is 13.8 Å². The number of hydrogen-bond acceptors (Lipinski definition) is 4. The van der Waals surface area contributed by atoms with E-state index in [0.29, 0.717) is 22.5 Å². The highest BCUT2D eigenvalue weighted by molar-refractivity contribution is 7.16. The molecule has 0 atom stereocenters. The Bertz CT molecular complexity index is 1030. The number of fused-ring (bicyclic) bond motifs is 1. The van der Waals surface area contributed by atoms with E-state index in [1.807, 2.05) is 42.8 Å². The van der Waals surface area contributed by atoms with Gasteiger partial charge in [-0.15, -0.1) is 0 Å². The summed E-state index contributed by atoms with van der Waals surface area (Å²) in [4.78, 5) is 29.1. The molecule has 0 aliphatic carbocycles. The summed E-state index contributed by atoms with van der Waals surface area (Å²) < 4.78 is 7.76. The standard InChI is InChI=1S/C19H18N2O3S/c1-4-24-18(23)14-8-9-15-16(11-14)25-19(21(15)3)20-17(22)13-7-5-6-12(2)10-13/h5-11H,4H2,1-3H3. The second-order valence-corrected chi connectivity index (χ2v) is 6.64. The van der Waals surface area contributed by atoms with Crippen molar-refractivity contribution < 1.29 is 14.3 Å². The summed E-state index contributed by atoms with van der Waals surface area (Å²) in [5.41, 5.74) is 2.98. The molecule has 3 aromatic rings. The van der Waals surface area contributed by atoms with Gasteiger partial charge in [0.25, 0.3) is 5.91 Å². The van der Waals surface area contributed by atoms with Gasteiger partial charge in [0.15, 0.2) is 4.80 Å². The number of amides is 1. The topological polar surface area (TPSA) is 60.7 Å². The van der Waals surface area contributed by atoms with Crippen molar-refractivity contribution in [3.8, 4) is 0 Å². The van der Waals surface area contributed by atoms with Crippen LogP contribution in [-0.2, 0) is 11.8 Å². The fraction of sp³-hybridized carbons (Fsp3) is 0.211. The Labute approximate surface area is 149 Å². The van der Waals surface area contributed by atoms with Crippen LogP contribution in [0.25, 0.3) is 10.2 Å². The minimum atomic E-state index is -0.352. The molecule has 6 heteroatoms. The Kier molecular flexibility index (Phi) is 4.81. The monoisotopic (exact) mass is 354 g/mol. The summed E-state index contributed by atoms with van der Waals surface area (Å²) in [5, 5.41) is 0. The quantitative estimate of drug-likeness (QED) is 0.677. The second kappa shape index (κ2) is 7.03. The predicted molar refractivity (Wildman–Crippen MR) is 97.8 cm³/mol. The number of ether oxygens (including phenoxy) is 1. The summed E-state index contributed by atoms with van der Waals surface area (Å²) in [5.74, 6) is -0.633. The fourth-order valence-electron chi connectivity index (χ4n) is 2.51. The average Bonchev–Trinajstić information content (AvgIpc) is 2.90. The molecule has 0 aliphatic rings. The Morgan fingerprint density at radius 3 is 2.68 bits per heavy atom. The third-order valence-electron chi connectivity index (χ3n) is 3.78. The largest absolute Gasteiger partial charge is 0.462 e. The zero-order chi connectivity index (χ0) is 18.0. The van der Waals surface area contributed by atoms with Crippen molar-refractivity contribution in [2.24, 2.45) is 12.0 Å². The van der Waals surface area contributed by atoms with Crippen LogP contribution >= 0.6 is 11.3 Å². The maximum Gasteiger partial charge on any atom is 0.338 e. The number of rotatable bonds is 3. The summed E-state index contributed by atoms with van der Waals surface area (Å²) in [6.07, 6.45) is 0. The summed E-state index contributed by atoms with van der Waals surface area (Å²) >= 11 is 1.37. The normalized spacial score (nSPS) is 11.7. The van der Waals surface area contributed by atoms with Crippen LogP contribution in [0.3, 0.4) is 0 Å². The molecule has 0 fully saturated rings. The van der Waals surface area contributed by atoms with Gasteiger partial charge in [0.05, 0.1) is 22.4 Å². The highest BCUT2D eigenvalue weighted by Crippen LogP contribution is 2.19. The molecule has 0 aliphatic heterocycles. The van der Waals surface area contributed by atoms with E-state index in [1.165, 1.54) is 11.3 Å². The van der Waals surface area contributed by atoms with E-state index >= 15 is 0 Å². The molecule has 0 radical (unpaired) electrons. The summed E-state index contributed by atoms with van der Waals surface area (Å²) in [6, 6.07) is 12.7. The number of nitrogens with zero attached hydrogens (tertiary/aromatic N) is 2. The van der Waals surface area contributed by atoms with Crippen LogP contribution < -0.4 is 4.80 Å². The van der Waals surface area contributed by atoms with E-state index in [4.69, 9.17) is 4.74 Å². The molecule has 1 amide bonds. The first kappa shape index (κ1) is 17.1. The molecule has 1 heterocycles. The van der Waals surface area contributed by atoms with Crippen LogP contribution in [0.15, 0.2) is 47.5 Å². The highest BCUT2D eigenvalue weighted by Gasteiger charge is 2.11. The summed E-state index contributed by atoms with van der Waals surface area (Å²) in [7, 11) is 1.85. The molecule has 0 saturated heterocycles. The van der Waals surface area contributed by atoms with E-state index in [0.717, 1.165) is 15.8 Å². The maximum atomic E-state index is 12.4. The van der Waals surface area contributed by atoms with Crippen LogP contribution in [0, 0.1) is 6.92 Å². The van der Waals surface area contributed by atoms with Crippen LogP contribution in [-0.4, -0.2) is 23.1 Å². The van der Waals surface area contributed by atoms with Crippen molar-refractivity contribution >= 4 is 33.4 Å². The number of aromatic nitrogens is 1. The first-order chi connectivity index (χ1) is 12.0. The molecule has 0 unspecified atom stereocenters. The smallest absolute Gasteiger partial charge is 0.338 e. The lowest BCUT2D eigenvalue weighted by Gasteiger charge is -2.01. The Hall–Kier alpha value is -2.73. The molecule has 25 heavy (non-hydrogen) atoms. The zero-order valence-corrected chi connectivity index (χ0v) is 15.1. The molecule has 0 saturated carbocycles. The molecule has 1 aromatic heterocycles. The average molecular weight is 354 g/mol. The number of aryl methyl sites for hydroxylation is 2. The Morgan fingerprint density at radius 2 is 1.96 bits per heavy atom. The van der Waals surface area contributed by atoms with Gasteiger partial charge < -0.3 is 9.30 Å².